The number of aromatic nitrogens is 2. The van der Waals surface area contributed by atoms with Crippen molar-refractivity contribution in [3.05, 3.63) is 95.0 Å². The molecule has 1 heterocycles. The number of carbonyl (C=O) groups excluding carboxylic acids is 1. The SMILES string of the molecule is C=CCN(Cc1cnc(S(=O)(=O)Cc2cccc(Cl)c2)n1CC(C)C)C(=O)c1ccc(F)cc1. The number of nitrogens with zero attached hydrogens (tertiary/aromatic N) is 3. The Bertz CT molecular complexity index is 1270. The smallest absolute Gasteiger partial charge is 0.254 e. The number of imidazole rings is 1. The standard InChI is InChI=1S/C25H27ClFN3O3S/c1-4-12-29(24(31)20-8-10-22(27)11-9-20)16-23-14-28-25(30(23)15-18(2)3)34(32,33)17-19-6-5-7-21(26)13-19/h4-11,13-14,18H,1,12,15-17H2,2-3H3. The summed E-state index contributed by atoms with van der Waals surface area (Å²) in [5.41, 5.74) is 1.47. The van der Waals surface area contributed by atoms with E-state index < -0.39 is 15.7 Å². The van der Waals surface area contributed by atoms with Gasteiger partial charge in [-0.1, -0.05) is 43.7 Å². The maximum absolute atomic E-state index is 13.3. The van der Waals surface area contributed by atoms with Crippen molar-refractivity contribution in [2.24, 2.45) is 5.92 Å². The molecule has 1 aromatic heterocycles. The molecule has 0 saturated heterocycles. The van der Waals surface area contributed by atoms with E-state index in [9.17, 15) is 17.6 Å². The van der Waals surface area contributed by atoms with Crippen LogP contribution in [0.15, 0.2) is 72.5 Å². The fraction of sp³-hybridized carbons (Fsp3) is 0.280. The first-order valence-corrected chi connectivity index (χ1v) is 12.8. The van der Waals surface area contributed by atoms with E-state index >= 15 is 0 Å². The van der Waals surface area contributed by atoms with Crippen molar-refractivity contribution in [1.29, 1.82) is 0 Å². The Hall–Kier alpha value is -2.97. The lowest BCUT2D eigenvalue weighted by atomic mass is 10.2. The Labute approximate surface area is 204 Å². The molecule has 0 saturated carbocycles. The molecule has 1 amide bonds. The Morgan fingerprint density at radius 1 is 1.24 bits per heavy atom. The minimum absolute atomic E-state index is 0.0519. The second kappa shape index (κ2) is 11.0. The van der Waals surface area contributed by atoms with Crippen molar-refractivity contribution in [3.8, 4) is 0 Å². The van der Waals surface area contributed by atoms with Gasteiger partial charge >= 0.3 is 0 Å². The average Bonchev–Trinajstić information content (AvgIpc) is 3.15. The van der Waals surface area contributed by atoms with Gasteiger partial charge in [0.25, 0.3) is 5.91 Å². The summed E-state index contributed by atoms with van der Waals surface area (Å²) in [5.74, 6) is -0.863. The average molecular weight is 504 g/mol. The molecule has 0 bridgehead atoms. The predicted octanol–water partition coefficient (Wildman–Crippen LogP) is 5.13. The summed E-state index contributed by atoms with van der Waals surface area (Å²) in [6.45, 7) is 8.43. The number of hydrogen-bond acceptors (Lipinski definition) is 4. The molecule has 0 N–H and O–H groups in total. The monoisotopic (exact) mass is 503 g/mol. The van der Waals surface area contributed by atoms with Crippen LogP contribution in [0.1, 0.15) is 35.5 Å². The third kappa shape index (κ3) is 6.33. The summed E-state index contributed by atoms with van der Waals surface area (Å²) < 4.78 is 41.5. The normalized spacial score (nSPS) is 11.6. The molecule has 2 aromatic carbocycles. The number of carbonyl (C=O) groups is 1. The summed E-state index contributed by atoms with van der Waals surface area (Å²) in [6.07, 6.45) is 3.07. The van der Waals surface area contributed by atoms with Crippen LogP contribution >= 0.6 is 11.6 Å². The number of halogens is 2. The predicted molar refractivity (Wildman–Crippen MR) is 131 cm³/mol. The maximum atomic E-state index is 13.3. The van der Waals surface area contributed by atoms with Crippen LogP contribution in [0, 0.1) is 11.7 Å². The van der Waals surface area contributed by atoms with Gasteiger partial charge in [0.05, 0.1) is 24.2 Å². The van der Waals surface area contributed by atoms with Gasteiger partial charge < -0.3 is 9.47 Å². The van der Waals surface area contributed by atoms with E-state index in [1.54, 1.807) is 34.9 Å². The van der Waals surface area contributed by atoms with Crippen molar-refractivity contribution in [1.82, 2.24) is 14.5 Å². The summed E-state index contributed by atoms with van der Waals surface area (Å²) in [5, 5.41) is 0.405. The lowest BCUT2D eigenvalue weighted by molar-refractivity contribution is 0.0758. The largest absolute Gasteiger partial charge is 0.329 e. The van der Waals surface area contributed by atoms with Crippen LogP contribution in [0.25, 0.3) is 0 Å². The second-order valence-corrected chi connectivity index (χ2v) is 10.7. The molecule has 0 radical (unpaired) electrons. The third-order valence-electron chi connectivity index (χ3n) is 5.05. The van der Waals surface area contributed by atoms with E-state index in [1.807, 2.05) is 13.8 Å². The molecule has 34 heavy (non-hydrogen) atoms. The van der Waals surface area contributed by atoms with Gasteiger partial charge in [-0.25, -0.2) is 17.8 Å². The molecule has 0 spiro atoms. The van der Waals surface area contributed by atoms with Gasteiger partial charge in [0.15, 0.2) is 0 Å². The van der Waals surface area contributed by atoms with Crippen LogP contribution in [0.3, 0.4) is 0 Å². The zero-order valence-electron chi connectivity index (χ0n) is 19.1. The highest BCUT2D eigenvalue weighted by Crippen LogP contribution is 2.22. The zero-order chi connectivity index (χ0) is 24.9. The van der Waals surface area contributed by atoms with Crippen molar-refractivity contribution < 1.29 is 17.6 Å². The molecule has 0 aliphatic heterocycles. The highest BCUT2D eigenvalue weighted by molar-refractivity contribution is 7.90. The number of hydrogen-bond donors (Lipinski definition) is 0. The highest BCUT2D eigenvalue weighted by atomic mass is 35.5. The van der Waals surface area contributed by atoms with Gasteiger partial charge in [-0.3, -0.25) is 4.79 Å². The second-order valence-electron chi connectivity index (χ2n) is 8.41. The number of benzene rings is 2. The van der Waals surface area contributed by atoms with E-state index in [0.717, 1.165) is 0 Å². The Morgan fingerprint density at radius 3 is 2.56 bits per heavy atom. The molecular formula is C25H27ClFN3O3S. The molecule has 180 valence electrons. The van der Waals surface area contributed by atoms with Crippen LogP contribution in [-0.4, -0.2) is 35.3 Å². The molecule has 0 atom stereocenters. The number of amides is 1. The number of rotatable bonds is 10. The van der Waals surface area contributed by atoms with Crippen LogP contribution < -0.4 is 0 Å². The van der Waals surface area contributed by atoms with E-state index in [4.69, 9.17) is 11.6 Å². The van der Waals surface area contributed by atoms with Gasteiger partial charge in [-0.2, -0.15) is 0 Å². The van der Waals surface area contributed by atoms with Crippen LogP contribution in [0.5, 0.6) is 0 Å². The summed E-state index contributed by atoms with van der Waals surface area (Å²) in [7, 11) is -3.78. The van der Waals surface area contributed by atoms with Crippen molar-refractivity contribution >= 4 is 27.3 Å². The number of sulfone groups is 1. The van der Waals surface area contributed by atoms with Gasteiger partial charge in [0.2, 0.25) is 15.0 Å². The first kappa shape index (κ1) is 25.6. The van der Waals surface area contributed by atoms with Gasteiger partial charge in [-0.05, 0) is 47.9 Å². The highest BCUT2D eigenvalue weighted by Gasteiger charge is 2.26. The Balaban J connectivity index is 1.95. The van der Waals surface area contributed by atoms with E-state index in [1.165, 1.54) is 35.4 Å². The van der Waals surface area contributed by atoms with Crippen molar-refractivity contribution in [2.75, 3.05) is 6.54 Å². The molecule has 3 aromatic rings. The lowest BCUT2D eigenvalue weighted by Gasteiger charge is -2.23. The van der Waals surface area contributed by atoms with Gasteiger partial charge in [0, 0.05) is 23.7 Å². The molecule has 0 aliphatic carbocycles. The molecule has 0 unspecified atom stereocenters. The van der Waals surface area contributed by atoms with Crippen LogP contribution in [0.2, 0.25) is 5.02 Å². The summed E-state index contributed by atoms with van der Waals surface area (Å²) >= 11 is 6.02. The molecule has 3 rings (SSSR count). The van der Waals surface area contributed by atoms with Crippen molar-refractivity contribution in [3.63, 3.8) is 0 Å². The Kier molecular flexibility index (Phi) is 8.28. The fourth-order valence-corrected chi connectivity index (χ4v) is 5.28. The first-order valence-electron chi connectivity index (χ1n) is 10.8. The van der Waals surface area contributed by atoms with Gasteiger partial charge in [0.1, 0.15) is 5.82 Å². The third-order valence-corrected chi connectivity index (χ3v) is 6.88. The molecule has 6 nitrogen and oxygen atoms in total. The van der Waals surface area contributed by atoms with Crippen LogP contribution in [0.4, 0.5) is 4.39 Å². The Morgan fingerprint density at radius 2 is 1.94 bits per heavy atom. The lowest BCUT2D eigenvalue weighted by Crippen LogP contribution is -2.32. The summed E-state index contributed by atoms with van der Waals surface area (Å²) in [4.78, 5) is 18.8. The summed E-state index contributed by atoms with van der Waals surface area (Å²) in [6, 6.07) is 12.0. The van der Waals surface area contributed by atoms with E-state index in [2.05, 4.69) is 11.6 Å². The minimum atomic E-state index is -3.78. The van der Waals surface area contributed by atoms with E-state index in [0.29, 0.717) is 28.4 Å². The molecule has 9 heteroatoms. The van der Waals surface area contributed by atoms with Gasteiger partial charge in [-0.15, -0.1) is 6.58 Å². The quantitative estimate of drug-likeness (QED) is 0.359. The fourth-order valence-electron chi connectivity index (χ4n) is 3.58. The molecule has 0 aliphatic rings. The minimum Gasteiger partial charge on any atom is -0.329 e. The maximum Gasteiger partial charge on any atom is 0.254 e. The topological polar surface area (TPSA) is 72.3 Å². The molecular weight excluding hydrogens is 477 g/mol. The van der Waals surface area contributed by atoms with E-state index in [-0.39, 0.29) is 35.8 Å². The van der Waals surface area contributed by atoms with Crippen LogP contribution in [-0.2, 0) is 28.7 Å². The molecule has 0 fully saturated rings. The first-order chi connectivity index (χ1) is 16.1. The van der Waals surface area contributed by atoms with Crippen molar-refractivity contribution in [2.45, 2.75) is 37.8 Å². The zero-order valence-corrected chi connectivity index (χ0v) is 20.7.